The second-order valence-electron chi connectivity index (χ2n) is 8.70. The zero-order valence-electron chi connectivity index (χ0n) is 19.1. The maximum Gasteiger partial charge on any atom is 0.264 e. The molecule has 0 saturated carbocycles. The van der Waals surface area contributed by atoms with Crippen LogP contribution in [0.15, 0.2) is 78.9 Å². The van der Waals surface area contributed by atoms with Gasteiger partial charge in [-0.1, -0.05) is 75.4 Å². The summed E-state index contributed by atoms with van der Waals surface area (Å²) in [6, 6.07) is 24.5. The fraction of sp³-hybridized carbons (Fsp3) is 0.259. The van der Waals surface area contributed by atoms with Gasteiger partial charge in [0.15, 0.2) is 6.61 Å². The van der Waals surface area contributed by atoms with E-state index in [0.717, 1.165) is 5.56 Å². The molecule has 0 spiro atoms. The van der Waals surface area contributed by atoms with Crippen LogP contribution in [0.5, 0.6) is 5.75 Å². The van der Waals surface area contributed by atoms with E-state index >= 15 is 0 Å². The highest BCUT2D eigenvalue weighted by Gasteiger charge is 2.19. The number of likely N-dealkylation sites (N-methyl/N-ethyl adjacent to an activating group) is 1. The zero-order valence-corrected chi connectivity index (χ0v) is 19.1. The van der Waals surface area contributed by atoms with Gasteiger partial charge in [-0.25, -0.2) is 0 Å². The molecule has 0 unspecified atom stereocenters. The van der Waals surface area contributed by atoms with E-state index in [4.69, 9.17) is 4.74 Å². The Morgan fingerprint density at radius 3 is 2.16 bits per heavy atom. The van der Waals surface area contributed by atoms with Gasteiger partial charge in [0.2, 0.25) is 0 Å². The SMILES string of the molecule is CN(C(=O)COc1ccc(C(C)(C)C)cc1)c1ccccc1C(=O)NCc1ccccc1. The summed E-state index contributed by atoms with van der Waals surface area (Å²) in [6.45, 7) is 6.74. The molecule has 5 nitrogen and oxygen atoms in total. The fourth-order valence-electron chi connectivity index (χ4n) is 3.26. The van der Waals surface area contributed by atoms with Crippen LogP contribution in [-0.2, 0) is 16.8 Å². The van der Waals surface area contributed by atoms with Crippen molar-refractivity contribution in [3.8, 4) is 5.75 Å². The lowest BCUT2D eigenvalue weighted by Gasteiger charge is -2.21. The Morgan fingerprint density at radius 2 is 1.50 bits per heavy atom. The Labute approximate surface area is 190 Å². The highest BCUT2D eigenvalue weighted by molar-refractivity contribution is 6.04. The van der Waals surface area contributed by atoms with Gasteiger partial charge in [-0.15, -0.1) is 0 Å². The molecule has 0 aliphatic carbocycles. The Hall–Kier alpha value is -3.60. The first kappa shape index (κ1) is 23.1. The van der Waals surface area contributed by atoms with E-state index in [2.05, 4.69) is 26.1 Å². The summed E-state index contributed by atoms with van der Waals surface area (Å²) in [7, 11) is 1.65. The predicted octanol–water partition coefficient (Wildman–Crippen LogP) is 4.96. The Bertz CT molecular complexity index is 1050. The molecule has 2 amide bonds. The lowest BCUT2D eigenvalue weighted by Crippen LogP contribution is -2.33. The van der Waals surface area contributed by atoms with Crippen LogP contribution in [0.1, 0.15) is 42.3 Å². The van der Waals surface area contributed by atoms with Crippen molar-refractivity contribution in [1.29, 1.82) is 0 Å². The maximum atomic E-state index is 12.8. The quantitative estimate of drug-likeness (QED) is 0.577. The second-order valence-corrected chi connectivity index (χ2v) is 8.70. The average Bonchev–Trinajstić information content (AvgIpc) is 2.81. The van der Waals surface area contributed by atoms with E-state index in [-0.39, 0.29) is 23.8 Å². The van der Waals surface area contributed by atoms with Crippen LogP contribution in [0.3, 0.4) is 0 Å². The standard InChI is InChI=1S/C27H30N2O3/c1-27(2,3)21-14-16-22(17-15-21)32-19-25(30)29(4)24-13-9-8-12-23(24)26(31)28-18-20-10-6-5-7-11-20/h5-17H,18-19H2,1-4H3,(H,28,31). The van der Waals surface area contributed by atoms with Crippen LogP contribution < -0.4 is 15.0 Å². The number of hydrogen-bond acceptors (Lipinski definition) is 3. The topological polar surface area (TPSA) is 58.6 Å². The average molecular weight is 431 g/mol. The zero-order chi connectivity index (χ0) is 23.1. The molecule has 166 valence electrons. The number of nitrogens with zero attached hydrogens (tertiary/aromatic N) is 1. The molecule has 3 rings (SSSR count). The number of carbonyl (C=O) groups excluding carboxylic acids is 2. The molecule has 0 saturated heterocycles. The summed E-state index contributed by atoms with van der Waals surface area (Å²) in [5.74, 6) is 0.157. The molecular formula is C27H30N2O3. The molecule has 3 aromatic rings. The molecule has 0 aromatic heterocycles. The molecule has 0 atom stereocenters. The lowest BCUT2D eigenvalue weighted by atomic mass is 9.87. The Balaban J connectivity index is 1.63. The predicted molar refractivity (Wildman–Crippen MR) is 128 cm³/mol. The summed E-state index contributed by atoms with van der Waals surface area (Å²) in [6.07, 6.45) is 0. The summed E-state index contributed by atoms with van der Waals surface area (Å²) < 4.78 is 5.69. The maximum absolute atomic E-state index is 12.8. The van der Waals surface area contributed by atoms with Crippen molar-refractivity contribution in [3.63, 3.8) is 0 Å². The van der Waals surface area contributed by atoms with Crippen LogP contribution in [0.25, 0.3) is 0 Å². The minimum atomic E-state index is -0.242. The number of hydrogen-bond donors (Lipinski definition) is 1. The van der Waals surface area contributed by atoms with Gasteiger partial charge < -0.3 is 15.0 Å². The molecule has 0 aliphatic rings. The smallest absolute Gasteiger partial charge is 0.264 e. The number of nitrogens with one attached hydrogen (secondary N) is 1. The van der Waals surface area contributed by atoms with Gasteiger partial charge in [-0.3, -0.25) is 9.59 Å². The highest BCUT2D eigenvalue weighted by atomic mass is 16.5. The number of anilines is 1. The van der Waals surface area contributed by atoms with Crippen molar-refractivity contribution in [2.24, 2.45) is 0 Å². The van der Waals surface area contributed by atoms with Crippen LogP contribution in [0, 0.1) is 0 Å². The number of carbonyl (C=O) groups is 2. The van der Waals surface area contributed by atoms with Crippen molar-refractivity contribution >= 4 is 17.5 Å². The van der Waals surface area contributed by atoms with Gasteiger partial charge in [-0.05, 0) is 40.8 Å². The van der Waals surface area contributed by atoms with Gasteiger partial charge in [0.1, 0.15) is 5.75 Å². The largest absolute Gasteiger partial charge is 0.484 e. The molecule has 1 N–H and O–H groups in total. The van der Waals surface area contributed by atoms with E-state index in [1.807, 2.05) is 54.6 Å². The summed E-state index contributed by atoms with van der Waals surface area (Å²) >= 11 is 0. The Morgan fingerprint density at radius 1 is 0.875 bits per heavy atom. The van der Waals surface area contributed by atoms with E-state index < -0.39 is 0 Å². The van der Waals surface area contributed by atoms with Crippen molar-refractivity contribution in [2.45, 2.75) is 32.7 Å². The van der Waals surface area contributed by atoms with Gasteiger partial charge in [0.25, 0.3) is 11.8 Å². The fourth-order valence-corrected chi connectivity index (χ4v) is 3.26. The van der Waals surface area contributed by atoms with Crippen molar-refractivity contribution in [2.75, 3.05) is 18.6 Å². The second kappa shape index (κ2) is 10.1. The monoisotopic (exact) mass is 430 g/mol. The van der Waals surface area contributed by atoms with E-state index in [0.29, 0.717) is 23.5 Å². The first-order chi connectivity index (χ1) is 15.3. The molecule has 0 aliphatic heterocycles. The minimum Gasteiger partial charge on any atom is -0.484 e. The summed E-state index contributed by atoms with van der Waals surface area (Å²) in [5, 5.41) is 2.92. The van der Waals surface area contributed by atoms with E-state index in [1.165, 1.54) is 10.5 Å². The third-order valence-corrected chi connectivity index (χ3v) is 5.26. The van der Waals surface area contributed by atoms with E-state index in [9.17, 15) is 9.59 Å². The van der Waals surface area contributed by atoms with Crippen LogP contribution >= 0.6 is 0 Å². The molecular weight excluding hydrogens is 400 g/mol. The van der Waals surface area contributed by atoms with E-state index in [1.54, 1.807) is 31.3 Å². The number of rotatable bonds is 7. The number of para-hydroxylation sites is 1. The van der Waals surface area contributed by atoms with Gasteiger partial charge in [-0.2, -0.15) is 0 Å². The molecule has 0 radical (unpaired) electrons. The number of ether oxygens (including phenoxy) is 1. The van der Waals surface area contributed by atoms with Crippen molar-refractivity contribution in [3.05, 3.63) is 95.6 Å². The summed E-state index contributed by atoms with van der Waals surface area (Å²) in [4.78, 5) is 27.0. The van der Waals surface area contributed by atoms with Gasteiger partial charge >= 0.3 is 0 Å². The number of benzene rings is 3. The highest BCUT2D eigenvalue weighted by Crippen LogP contribution is 2.24. The molecule has 32 heavy (non-hydrogen) atoms. The van der Waals surface area contributed by atoms with Gasteiger partial charge in [0.05, 0.1) is 11.3 Å². The minimum absolute atomic E-state index is 0.0549. The first-order valence-electron chi connectivity index (χ1n) is 10.7. The van der Waals surface area contributed by atoms with Crippen LogP contribution in [0.2, 0.25) is 0 Å². The molecule has 0 fully saturated rings. The molecule has 3 aromatic carbocycles. The van der Waals surface area contributed by atoms with Gasteiger partial charge in [0, 0.05) is 13.6 Å². The molecule has 0 heterocycles. The third kappa shape index (κ3) is 5.97. The normalized spacial score (nSPS) is 11.0. The molecule has 0 bridgehead atoms. The summed E-state index contributed by atoms with van der Waals surface area (Å²) in [5.41, 5.74) is 3.24. The Kier molecular flexibility index (Phi) is 7.31. The van der Waals surface area contributed by atoms with Crippen molar-refractivity contribution < 1.29 is 14.3 Å². The first-order valence-corrected chi connectivity index (χ1v) is 10.7. The lowest BCUT2D eigenvalue weighted by molar-refractivity contribution is -0.120. The van der Waals surface area contributed by atoms with Crippen LogP contribution in [-0.4, -0.2) is 25.5 Å². The van der Waals surface area contributed by atoms with Crippen molar-refractivity contribution in [1.82, 2.24) is 5.32 Å². The number of amides is 2. The third-order valence-electron chi connectivity index (χ3n) is 5.26. The van der Waals surface area contributed by atoms with Crippen LogP contribution in [0.4, 0.5) is 5.69 Å². The molecule has 5 heteroatoms.